The number of fused-ring (bicyclic) bond motifs is 1. The number of nitrogens with zero attached hydrogens (tertiary/aromatic N) is 3. The molecule has 0 aliphatic carbocycles. The molecule has 2 heterocycles. The minimum Gasteiger partial charge on any atom is -0.330 e. The van der Waals surface area contributed by atoms with Crippen molar-refractivity contribution in [1.29, 1.82) is 0 Å². The summed E-state index contributed by atoms with van der Waals surface area (Å²) >= 11 is 0. The van der Waals surface area contributed by atoms with Crippen molar-refractivity contribution in [1.82, 2.24) is 14.6 Å². The van der Waals surface area contributed by atoms with Gasteiger partial charge in [-0.25, -0.2) is 0 Å². The summed E-state index contributed by atoms with van der Waals surface area (Å²) in [5, 5.41) is 8.40. The second-order valence-electron chi connectivity index (χ2n) is 4.26. The molecule has 0 aliphatic heterocycles. The van der Waals surface area contributed by atoms with E-state index in [2.05, 4.69) is 30.1 Å². The van der Waals surface area contributed by atoms with E-state index in [4.69, 9.17) is 5.73 Å². The van der Waals surface area contributed by atoms with Crippen molar-refractivity contribution in [2.24, 2.45) is 11.7 Å². The maximum absolute atomic E-state index is 5.71. The molecule has 86 valence electrons. The summed E-state index contributed by atoms with van der Waals surface area (Å²) in [5.41, 5.74) is 7.83. The van der Waals surface area contributed by atoms with Crippen molar-refractivity contribution >= 4 is 5.65 Å². The van der Waals surface area contributed by atoms with Crippen LogP contribution in [0, 0.1) is 12.8 Å². The summed E-state index contributed by atoms with van der Waals surface area (Å²) < 4.78 is 2.05. The summed E-state index contributed by atoms with van der Waals surface area (Å²) in [6, 6.07) is 4.11. The minimum absolute atomic E-state index is 0.494. The van der Waals surface area contributed by atoms with Gasteiger partial charge in [-0.3, -0.25) is 4.40 Å². The van der Waals surface area contributed by atoms with Crippen LogP contribution in [0.2, 0.25) is 0 Å². The maximum atomic E-state index is 5.71. The van der Waals surface area contributed by atoms with Crippen LogP contribution in [-0.4, -0.2) is 21.1 Å². The van der Waals surface area contributed by atoms with Gasteiger partial charge in [-0.1, -0.05) is 13.3 Å². The van der Waals surface area contributed by atoms with Gasteiger partial charge in [0, 0.05) is 12.6 Å². The van der Waals surface area contributed by atoms with Crippen LogP contribution in [0.25, 0.3) is 5.65 Å². The molecule has 0 aromatic carbocycles. The second kappa shape index (κ2) is 4.61. The summed E-state index contributed by atoms with van der Waals surface area (Å²) in [4.78, 5) is 0. The summed E-state index contributed by atoms with van der Waals surface area (Å²) in [7, 11) is 0. The van der Waals surface area contributed by atoms with Crippen molar-refractivity contribution in [2.75, 3.05) is 6.54 Å². The first-order chi connectivity index (χ1) is 7.74. The fraction of sp³-hybridized carbons (Fsp3) is 0.500. The van der Waals surface area contributed by atoms with Crippen LogP contribution >= 0.6 is 0 Å². The van der Waals surface area contributed by atoms with E-state index in [0.717, 1.165) is 24.3 Å². The zero-order valence-electron chi connectivity index (χ0n) is 9.85. The predicted molar refractivity (Wildman–Crippen MR) is 64.3 cm³/mol. The monoisotopic (exact) mass is 218 g/mol. The summed E-state index contributed by atoms with van der Waals surface area (Å²) in [6.45, 7) is 4.92. The molecule has 2 aromatic rings. The smallest absolute Gasteiger partial charge is 0.161 e. The Morgan fingerprint density at radius 1 is 1.44 bits per heavy atom. The van der Waals surface area contributed by atoms with Crippen molar-refractivity contribution < 1.29 is 0 Å². The van der Waals surface area contributed by atoms with Gasteiger partial charge in [-0.15, -0.1) is 10.2 Å². The van der Waals surface area contributed by atoms with Crippen molar-refractivity contribution in [3.05, 3.63) is 29.7 Å². The Kier molecular flexibility index (Phi) is 3.19. The highest BCUT2D eigenvalue weighted by Gasteiger charge is 2.11. The fourth-order valence-corrected chi connectivity index (χ4v) is 1.83. The Hall–Kier alpha value is -1.42. The van der Waals surface area contributed by atoms with E-state index in [-0.39, 0.29) is 0 Å². The number of hydrogen-bond donors (Lipinski definition) is 1. The molecule has 0 bridgehead atoms. The number of rotatable bonds is 4. The summed E-state index contributed by atoms with van der Waals surface area (Å²) in [5.74, 6) is 1.50. The second-order valence-corrected chi connectivity index (χ2v) is 4.26. The van der Waals surface area contributed by atoms with Crippen LogP contribution < -0.4 is 5.73 Å². The van der Waals surface area contributed by atoms with Crippen LogP contribution in [0.15, 0.2) is 18.3 Å². The normalized spacial score (nSPS) is 13.2. The van der Waals surface area contributed by atoms with Gasteiger partial charge in [0.15, 0.2) is 5.65 Å². The molecule has 0 spiro atoms. The van der Waals surface area contributed by atoms with E-state index in [1.165, 1.54) is 5.56 Å². The first kappa shape index (κ1) is 11.1. The average molecular weight is 218 g/mol. The molecule has 2 N–H and O–H groups in total. The molecule has 0 saturated heterocycles. The molecular weight excluding hydrogens is 200 g/mol. The standard InChI is InChI=1S/C12H18N4/c1-3-10(8-13)7-12-15-14-11-6-9(2)4-5-16(11)12/h4-6,10H,3,7-8,13H2,1-2H3. The minimum atomic E-state index is 0.494. The molecule has 2 rings (SSSR count). The molecule has 4 heteroatoms. The topological polar surface area (TPSA) is 56.2 Å². The molecular formula is C12H18N4. The molecule has 2 aromatic heterocycles. The lowest BCUT2D eigenvalue weighted by molar-refractivity contribution is 0.503. The van der Waals surface area contributed by atoms with E-state index >= 15 is 0 Å². The Labute approximate surface area is 95.5 Å². The van der Waals surface area contributed by atoms with E-state index < -0.39 is 0 Å². The van der Waals surface area contributed by atoms with Crippen molar-refractivity contribution in [3.63, 3.8) is 0 Å². The average Bonchev–Trinajstić information content (AvgIpc) is 2.68. The third-order valence-corrected chi connectivity index (χ3v) is 3.02. The van der Waals surface area contributed by atoms with Crippen LogP contribution in [0.5, 0.6) is 0 Å². The highest BCUT2D eigenvalue weighted by molar-refractivity contribution is 5.40. The van der Waals surface area contributed by atoms with Gasteiger partial charge in [0.05, 0.1) is 0 Å². The largest absolute Gasteiger partial charge is 0.330 e. The lowest BCUT2D eigenvalue weighted by Crippen LogP contribution is -2.17. The van der Waals surface area contributed by atoms with Crippen LogP contribution in [0.1, 0.15) is 24.7 Å². The maximum Gasteiger partial charge on any atom is 0.161 e. The Bertz CT molecular complexity index is 471. The molecule has 0 aliphatic rings. The lowest BCUT2D eigenvalue weighted by atomic mass is 10.0. The first-order valence-corrected chi connectivity index (χ1v) is 5.75. The first-order valence-electron chi connectivity index (χ1n) is 5.75. The van der Waals surface area contributed by atoms with E-state index in [0.29, 0.717) is 12.5 Å². The molecule has 4 nitrogen and oxygen atoms in total. The van der Waals surface area contributed by atoms with Gasteiger partial charge in [-0.2, -0.15) is 0 Å². The van der Waals surface area contributed by atoms with Crippen LogP contribution in [0.3, 0.4) is 0 Å². The number of aryl methyl sites for hydroxylation is 1. The van der Waals surface area contributed by atoms with Gasteiger partial charge in [0.25, 0.3) is 0 Å². The number of hydrogen-bond acceptors (Lipinski definition) is 3. The van der Waals surface area contributed by atoms with E-state index in [1.807, 2.05) is 16.7 Å². The van der Waals surface area contributed by atoms with Gasteiger partial charge in [-0.05, 0) is 37.1 Å². The zero-order valence-corrected chi connectivity index (χ0v) is 9.85. The predicted octanol–water partition coefficient (Wildman–Crippen LogP) is 1.57. The van der Waals surface area contributed by atoms with Crippen LogP contribution in [-0.2, 0) is 6.42 Å². The summed E-state index contributed by atoms with van der Waals surface area (Å²) in [6.07, 6.45) is 4.01. The Morgan fingerprint density at radius 3 is 2.94 bits per heavy atom. The highest BCUT2D eigenvalue weighted by atomic mass is 15.2. The van der Waals surface area contributed by atoms with E-state index in [1.54, 1.807) is 0 Å². The SMILES string of the molecule is CCC(CN)Cc1nnc2cc(C)ccn12. The molecule has 1 atom stereocenters. The fourth-order valence-electron chi connectivity index (χ4n) is 1.83. The molecule has 16 heavy (non-hydrogen) atoms. The van der Waals surface area contributed by atoms with E-state index in [9.17, 15) is 0 Å². The zero-order chi connectivity index (χ0) is 11.5. The molecule has 0 radical (unpaired) electrons. The molecule has 1 unspecified atom stereocenters. The highest BCUT2D eigenvalue weighted by Crippen LogP contribution is 2.12. The van der Waals surface area contributed by atoms with Crippen molar-refractivity contribution in [2.45, 2.75) is 26.7 Å². The van der Waals surface area contributed by atoms with Gasteiger partial charge < -0.3 is 5.73 Å². The molecule has 0 saturated carbocycles. The van der Waals surface area contributed by atoms with Gasteiger partial charge >= 0.3 is 0 Å². The van der Waals surface area contributed by atoms with Crippen LogP contribution in [0.4, 0.5) is 0 Å². The number of aromatic nitrogens is 3. The molecule has 0 amide bonds. The third kappa shape index (κ3) is 2.07. The van der Waals surface area contributed by atoms with Gasteiger partial charge in [0.1, 0.15) is 5.82 Å². The number of nitrogens with two attached hydrogens (primary N) is 1. The Balaban J connectivity index is 2.31. The quantitative estimate of drug-likeness (QED) is 0.847. The Morgan fingerprint density at radius 2 is 2.25 bits per heavy atom. The lowest BCUT2D eigenvalue weighted by Gasteiger charge is -2.10. The van der Waals surface area contributed by atoms with Gasteiger partial charge in [0.2, 0.25) is 0 Å². The molecule has 0 fully saturated rings. The van der Waals surface area contributed by atoms with Crippen molar-refractivity contribution in [3.8, 4) is 0 Å². The number of pyridine rings is 1. The third-order valence-electron chi connectivity index (χ3n) is 3.02.